The van der Waals surface area contributed by atoms with E-state index in [-0.39, 0.29) is 0 Å². The molecule has 0 aliphatic carbocycles. The number of piperidine rings is 1. The zero-order valence-electron chi connectivity index (χ0n) is 17.3. The monoisotopic (exact) mass is 360 g/mol. The van der Waals surface area contributed by atoms with Crippen molar-refractivity contribution < 1.29 is 4.79 Å². The van der Waals surface area contributed by atoms with Gasteiger partial charge in [0.15, 0.2) is 0 Å². The number of nitrogens with zero attached hydrogens (tertiary/aromatic N) is 3. The van der Waals surface area contributed by atoms with Crippen molar-refractivity contribution in [3.8, 4) is 0 Å². The quantitative estimate of drug-likeness (QED) is 0.896. The van der Waals surface area contributed by atoms with Gasteiger partial charge in [0.1, 0.15) is 0 Å². The zero-order valence-corrected chi connectivity index (χ0v) is 17.3. The highest BCUT2D eigenvalue weighted by atomic mass is 16.2. The van der Waals surface area contributed by atoms with E-state index in [9.17, 15) is 4.79 Å². The molecule has 1 N–H and O–H groups in total. The molecule has 1 aromatic rings. The predicted molar refractivity (Wildman–Crippen MR) is 105 cm³/mol. The molecule has 0 unspecified atom stereocenters. The summed E-state index contributed by atoms with van der Waals surface area (Å²) >= 11 is 0. The van der Waals surface area contributed by atoms with E-state index in [0.29, 0.717) is 23.2 Å². The molecule has 146 valence electrons. The Bertz CT molecular complexity index is 645. The number of rotatable bonds is 4. The largest absolute Gasteiger partial charge is 0.342 e. The molecule has 2 aliphatic rings. The second-order valence-electron chi connectivity index (χ2n) is 9.86. The Morgan fingerprint density at radius 2 is 1.96 bits per heavy atom. The standard InChI is InChI=1S/C21H36N4O/c1-16-17(2)22-23-18(16)7-8-19(26)25-12-10-21(15-25)9-6-11-24(14-21)13-20(3,4)5/h6-15H2,1-5H3,(H,22,23)/t21-/m0/s1. The molecule has 0 bridgehead atoms. The van der Waals surface area contributed by atoms with Crippen LogP contribution in [0.2, 0.25) is 0 Å². The molecule has 0 saturated carbocycles. The molecule has 2 saturated heterocycles. The fraction of sp³-hybridized carbons (Fsp3) is 0.810. The average Bonchev–Trinajstić information content (AvgIpc) is 3.09. The summed E-state index contributed by atoms with van der Waals surface area (Å²) in [5.74, 6) is 0.301. The van der Waals surface area contributed by atoms with E-state index in [2.05, 4.69) is 47.7 Å². The van der Waals surface area contributed by atoms with Crippen LogP contribution in [0.3, 0.4) is 0 Å². The maximum Gasteiger partial charge on any atom is 0.222 e. The van der Waals surface area contributed by atoms with Gasteiger partial charge in [-0.05, 0) is 50.6 Å². The molecule has 0 aromatic carbocycles. The van der Waals surface area contributed by atoms with Crippen LogP contribution < -0.4 is 0 Å². The van der Waals surface area contributed by atoms with Crippen molar-refractivity contribution in [1.29, 1.82) is 0 Å². The Hall–Kier alpha value is -1.36. The number of nitrogens with one attached hydrogen (secondary N) is 1. The topological polar surface area (TPSA) is 52.2 Å². The number of hydrogen-bond donors (Lipinski definition) is 1. The number of aromatic nitrogens is 2. The Morgan fingerprint density at radius 3 is 2.62 bits per heavy atom. The van der Waals surface area contributed by atoms with E-state index in [1.807, 2.05) is 6.92 Å². The lowest BCUT2D eigenvalue weighted by molar-refractivity contribution is -0.130. The Labute approximate surface area is 158 Å². The first-order valence-electron chi connectivity index (χ1n) is 10.2. The Kier molecular flexibility index (Phi) is 5.48. The van der Waals surface area contributed by atoms with Crippen LogP contribution in [-0.2, 0) is 11.2 Å². The third kappa shape index (κ3) is 4.48. The van der Waals surface area contributed by atoms with E-state index in [1.54, 1.807) is 0 Å². The number of amides is 1. The normalized spacial score (nSPS) is 24.6. The van der Waals surface area contributed by atoms with Gasteiger partial charge in [-0.3, -0.25) is 9.89 Å². The number of likely N-dealkylation sites (tertiary alicyclic amines) is 2. The number of aromatic amines is 1. The lowest BCUT2D eigenvalue weighted by atomic mass is 9.78. The summed E-state index contributed by atoms with van der Waals surface area (Å²) in [6.45, 7) is 16.5. The number of carbonyl (C=O) groups is 1. The number of hydrogen-bond acceptors (Lipinski definition) is 3. The third-order valence-corrected chi connectivity index (χ3v) is 6.16. The number of H-pyrrole nitrogens is 1. The molecule has 5 heteroatoms. The highest BCUT2D eigenvalue weighted by Gasteiger charge is 2.42. The van der Waals surface area contributed by atoms with Gasteiger partial charge in [0.25, 0.3) is 0 Å². The minimum absolute atomic E-state index is 0.301. The SMILES string of the molecule is Cc1[nH]nc(CCC(=O)N2CC[C@]3(CCCN(CC(C)(C)C)C3)C2)c1C. The highest BCUT2D eigenvalue weighted by molar-refractivity contribution is 5.76. The van der Waals surface area contributed by atoms with Crippen LogP contribution in [0, 0.1) is 24.7 Å². The predicted octanol–water partition coefficient (Wildman–Crippen LogP) is 3.32. The smallest absolute Gasteiger partial charge is 0.222 e. The summed E-state index contributed by atoms with van der Waals surface area (Å²) < 4.78 is 0. The molecule has 26 heavy (non-hydrogen) atoms. The van der Waals surface area contributed by atoms with E-state index >= 15 is 0 Å². The molecule has 3 heterocycles. The van der Waals surface area contributed by atoms with Crippen molar-refractivity contribution >= 4 is 5.91 Å². The van der Waals surface area contributed by atoms with Crippen LogP contribution in [0.1, 0.15) is 63.4 Å². The minimum atomic E-state index is 0.301. The second-order valence-corrected chi connectivity index (χ2v) is 9.86. The molecule has 1 spiro atoms. The van der Waals surface area contributed by atoms with Gasteiger partial charge in [-0.2, -0.15) is 5.10 Å². The molecule has 3 rings (SSSR count). The van der Waals surface area contributed by atoms with Crippen molar-refractivity contribution in [1.82, 2.24) is 20.0 Å². The molecule has 0 radical (unpaired) electrons. The van der Waals surface area contributed by atoms with E-state index in [0.717, 1.165) is 44.0 Å². The van der Waals surface area contributed by atoms with Crippen LogP contribution in [0.4, 0.5) is 0 Å². The van der Waals surface area contributed by atoms with Gasteiger partial charge in [-0.1, -0.05) is 20.8 Å². The average molecular weight is 361 g/mol. The van der Waals surface area contributed by atoms with Crippen LogP contribution in [0.5, 0.6) is 0 Å². The maximum absolute atomic E-state index is 12.7. The maximum atomic E-state index is 12.7. The molecule has 1 atom stereocenters. The molecule has 1 amide bonds. The molecular weight excluding hydrogens is 324 g/mol. The van der Waals surface area contributed by atoms with Gasteiger partial charge in [-0.25, -0.2) is 0 Å². The summed E-state index contributed by atoms with van der Waals surface area (Å²) in [5, 5.41) is 7.36. The lowest BCUT2D eigenvalue weighted by Gasteiger charge is -2.42. The van der Waals surface area contributed by atoms with Crippen LogP contribution in [-0.4, -0.2) is 58.6 Å². The highest BCUT2D eigenvalue weighted by Crippen LogP contribution is 2.39. The third-order valence-electron chi connectivity index (χ3n) is 6.16. The van der Waals surface area contributed by atoms with E-state index < -0.39 is 0 Å². The summed E-state index contributed by atoms with van der Waals surface area (Å²) in [6, 6.07) is 0. The fourth-order valence-corrected chi connectivity index (χ4v) is 4.76. The van der Waals surface area contributed by atoms with Gasteiger partial charge in [0.2, 0.25) is 5.91 Å². The minimum Gasteiger partial charge on any atom is -0.342 e. The zero-order chi connectivity index (χ0) is 18.9. The van der Waals surface area contributed by atoms with Crippen molar-refractivity contribution in [2.75, 3.05) is 32.7 Å². The number of carbonyl (C=O) groups excluding carboxylic acids is 1. The molecular formula is C21H36N4O. The first kappa shape index (κ1) is 19.4. The second kappa shape index (κ2) is 7.34. The van der Waals surface area contributed by atoms with E-state index in [1.165, 1.54) is 31.4 Å². The fourth-order valence-electron chi connectivity index (χ4n) is 4.76. The summed E-state index contributed by atoms with van der Waals surface area (Å²) in [7, 11) is 0. The first-order chi connectivity index (χ1) is 12.2. The van der Waals surface area contributed by atoms with Crippen molar-refractivity contribution in [3.63, 3.8) is 0 Å². The summed E-state index contributed by atoms with van der Waals surface area (Å²) in [5.41, 5.74) is 4.01. The van der Waals surface area contributed by atoms with Crippen LogP contribution in [0.25, 0.3) is 0 Å². The molecule has 2 aliphatic heterocycles. The Balaban J connectivity index is 1.54. The molecule has 2 fully saturated rings. The summed E-state index contributed by atoms with van der Waals surface area (Å²) in [4.78, 5) is 17.5. The number of aryl methyl sites for hydroxylation is 2. The van der Waals surface area contributed by atoms with Crippen LogP contribution >= 0.6 is 0 Å². The first-order valence-corrected chi connectivity index (χ1v) is 10.2. The van der Waals surface area contributed by atoms with Crippen LogP contribution in [0.15, 0.2) is 0 Å². The van der Waals surface area contributed by atoms with Crippen molar-refractivity contribution in [3.05, 3.63) is 17.0 Å². The Morgan fingerprint density at radius 1 is 1.19 bits per heavy atom. The van der Waals surface area contributed by atoms with Gasteiger partial charge in [0.05, 0.1) is 5.69 Å². The van der Waals surface area contributed by atoms with Gasteiger partial charge < -0.3 is 9.80 Å². The van der Waals surface area contributed by atoms with E-state index in [4.69, 9.17) is 0 Å². The molecule has 1 aromatic heterocycles. The summed E-state index contributed by atoms with van der Waals surface area (Å²) in [6.07, 6.45) is 5.03. The van der Waals surface area contributed by atoms with Gasteiger partial charge in [-0.15, -0.1) is 0 Å². The van der Waals surface area contributed by atoms with Gasteiger partial charge in [0, 0.05) is 50.1 Å². The van der Waals surface area contributed by atoms with Gasteiger partial charge >= 0.3 is 0 Å². The molecule has 5 nitrogen and oxygen atoms in total. The lowest BCUT2D eigenvalue weighted by Crippen LogP contribution is -2.47. The van der Waals surface area contributed by atoms with Crippen molar-refractivity contribution in [2.45, 2.75) is 66.7 Å². The van der Waals surface area contributed by atoms with Crippen molar-refractivity contribution in [2.24, 2.45) is 10.8 Å².